The van der Waals surface area contributed by atoms with Crippen molar-refractivity contribution in [3.05, 3.63) is 48.3 Å². The van der Waals surface area contributed by atoms with Crippen molar-refractivity contribution in [1.82, 2.24) is 0 Å². The zero-order valence-corrected chi connectivity index (χ0v) is 10.8. The number of carbonyl (C=O) groups is 1. The number of benzene rings is 2. The van der Waals surface area contributed by atoms with Gasteiger partial charge in [-0.05, 0) is 42.5 Å². The Morgan fingerprint density at radius 3 is 2.50 bits per heavy atom. The monoisotopic (exact) mass is 275 g/mol. The molecule has 6 heteroatoms. The zero-order valence-electron chi connectivity index (χ0n) is 10.8. The maximum Gasteiger partial charge on any atom is 0.323 e. The Balaban J connectivity index is 2.03. The Morgan fingerprint density at radius 1 is 1.15 bits per heavy atom. The van der Waals surface area contributed by atoms with Crippen LogP contribution in [0.25, 0.3) is 0 Å². The van der Waals surface area contributed by atoms with Crippen LogP contribution in [0.2, 0.25) is 0 Å². The van der Waals surface area contributed by atoms with E-state index in [0.29, 0.717) is 17.1 Å². The van der Waals surface area contributed by atoms with E-state index >= 15 is 0 Å². The van der Waals surface area contributed by atoms with E-state index in [1.165, 1.54) is 18.2 Å². The summed E-state index contributed by atoms with van der Waals surface area (Å²) in [6.07, 6.45) is 0. The van der Waals surface area contributed by atoms with Crippen molar-refractivity contribution < 1.29 is 13.9 Å². The number of hydrogen-bond acceptors (Lipinski definition) is 3. The summed E-state index contributed by atoms with van der Waals surface area (Å²) in [5.74, 6) is 0.127. The Hall–Kier alpha value is -2.76. The van der Waals surface area contributed by atoms with Crippen molar-refractivity contribution in [2.45, 2.75) is 0 Å². The number of nitrogens with one attached hydrogen (secondary N) is 2. The van der Waals surface area contributed by atoms with Crippen molar-refractivity contribution in [3.8, 4) is 5.75 Å². The van der Waals surface area contributed by atoms with Gasteiger partial charge in [-0.2, -0.15) is 0 Å². The first kappa shape index (κ1) is 13.7. The van der Waals surface area contributed by atoms with Gasteiger partial charge in [-0.3, -0.25) is 0 Å². The van der Waals surface area contributed by atoms with E-state index in [4.69, 9.17) is 10.5 Å². The zero-order chi connectivity index (χ0) is 14.5. The lowest BCUT2D eigenvalue weighted by Gasteiger charge is -2.09. The van der Waals surface area contributed by atoms with Gasteiger partial charge in [0.1, 0.15) is 11.6 Å². The van der Waals surface area contributed by atoms with Crippen LogP contribution < -0.4 is 21.1 Å². The van der Waals surface area contributed by atoms with E-state index in [-0.39, 0.29) is 5.69 Å². The molecule has 0 bridgehead atoms. The molecule has 2 aromatic carbocycles. The number of nitrogen functional groups attached to an aromatic ring is 1. The van der Waals surface area contributed by atoms with Crippen LogP contribution >= 0.6 is 0 Å². The van der Waals surface area contributed by atoms with Crippen LogP contribution in [-0.4, -0.2) is 13.1 Å². The minimum atomic E-state index is -0.556. The van der Waals surface area contributed by atoms with E-state index in [0.717, 1.165) is 0 Å². The largest absolute Gasteiger partial charge is 0.497 e. The molecule has 0 radical (unpaired) electrons. The molecule has 0 saturated heterocycles. The number of carbonyl (C=O) groups excluding carboxylic acids is 1. The van der Waals surface area contributed by atoms with Gasteiger partial charge in [-0.25, -0.2) is 9.18 Å². The number of anilines is 3. The molecule has 4 N–H and O–H groups in total. The summed E-state index contributed by atoms with van der Waals surface area (Å²) in [6.45, 7) is 0. The smallest absolute Gasteiger partial charge is 0.323 e. The molecule has 0 fully saturated rings. The summed E-state index contributed by atoms with van der Waals surface area (Å²) in [6, 6.07) is 10.2. The van der Waals surface area contributed by atoms with Gasteiger partial charge in [0.2, 0.25) is 0 Å². The van der Waals surface area contributed by atoms with Crippen molar-refractivity contribution in [2.24, 2.45) is 0 Å². The molecule has 0 spiro atoms. The lowest BCUT2D eigenvalue weighted by molar-refractivity contribution is 0.262. The van der Waals surface area contributed by atoms with Crippen LogP contribution in [0.5, 0.6) is 5.75 Å². The molecule has 0 saturated carbocycles. The molecule has 0 unspecified atom stereocenters. The molecule has 0 aliphatic heterocycles. The molecule has 0 heterocycles. The third kappa shape index (κ3) is 3.38. The molecular weight excluding hydrogens is 261 g/mol. The van der Waals surface area contributed by atoms with Gasteiger partial charge in [-0.15, -0.1) is 0 Å². The van der Waals surface area contributed by atoms with Gasteiger partial charge in [-0.1, -0.05) is 0 Å². The first-order valence-corrected chi connectivity index (χ1v) is 5.85. The molecule has 2 aromatic rings. The number of methoxy groups -OCH3 is 1. The summed E-state index contributed by atoms with van der Waals surface area (Å²) in [7, 11) is 1.55. The fraction of sp³-hybridized carbons (Fsp3) is 0.0714. The third-order valence-electron chi connectivity index (χ3n) is 2.59. The Labute approximate surface area is 115 Å². The molecule has 2 amide bonds. The van der Waals surface area contributed by atoms with Gasteiger partial charge < -0.3 is 21.1 Å². The summed E-state index contributed by atoms with van der Waals surface area (Å²) in [4.78, 5) is 11.7. The summed E-state index contributed by atoms with van der Waals surface area (Å²) in [5.41, 5.74) is 6.49. The normalized spacial score (nSPS) is 9.90. The van der Waals surface area contributed by atoms with Crippen LogP contribution in [0.1, 0.15) is 0 Å². The third-order valence-corrected chi connectivity index (χ3v) is 2.59. The average molecular weight is 275 g/mol. The number of halogens is 1. The highest BCUT2D eigenvalue weighted by molar-refractivity contribution is 6.00. The summed E-state index contributed by atoms with van der Waals surface area (Å²) in [5, 5.41) is 4.97. The van der Waals surface area contributed by atoms with Crippen molar-refractivity contribution in [2.75, 3.05) is 23.5 Å². The van der Waals surface area contributed by atoms with Gasteiger partial charge in [0.25, 0.3) is 0 Å². The first-order chi connectivity index (χ1) is 9.58. The topological polar surface area (TPSA) is 76.4 Å². The number of urea groups is 1. The molecule has 0 aliphatic carbocycles. The van der Waals surface area contributed by atoms with Gasteiger partial charge in [0.15, 0.2) is 0 Å². The SMILES string of the molecule is COc1ccc(NC(=O)Nc2cc(N)ccc2F)cc1. The Bertz CT molecular complexity index is 614. The van der Waals surface area contributed by atoms with Gasteiger partial charge in [0, 0.05) is 11.4 Å². The van der Waals surface area contributed by atoms with E-state index in [9.17, 15) is 9.18 Å². The van der Waals surface area contributed by atoms with Gasteiger partial charge in [0.05, 0.1) is 12.8 Å². The standard InChI is InChI=1S/C14H14FN3O2/c1-20-11-5-3-10(4-6-11)17-14(19)18-13-8-9(16)2-7-12(13)15/h2-8H,16H2,1H3,(H2,17,18,19). The molecule has 5 nitrogen and oxygen atoms in total. The summed E-state index contributed by atoms with van der Waals surface area (Å²) >= 11 is 0. The first-order valence-electron chi connectivity index (χ1n) is 5.85. The highest BCUT2D eigenvalue weighted by Crippen LogP contribution is 2.18. The molecule has 2 rings (SSSR count). The van der Waals surface area contributed by atoms with Crippen LogP contribution in [0.4, 0.5) is 26.2 Å². The maximum atomic E-state index is 13.5. The maximum absolute atomic E-state index is 13.5. The van der Waals surface area contributed by atoms with E-state index < -0.39 is 11.8 Å². The van der Waals surface area contributed by atoms with Crippen LogP contribution in [-0.2, 0) is 0 Å². The van der Waals surface area contributed by atoms with E-state index in [1.54, 1.807) is 31.4 Å². The quantitative estimate of drug-likeness (QED) is 0.753. The van der Waals surface area contributed by atoms with Crippen molar-refractivity contribution in [1.29, 1.82) is 0 Å². The van der Waals surface area contributed by atoms with Crippen molar-refractivity contribution in [3.63, 3.8) is 0 Å². The fourth-order valence-electron chi connectivity index (χ4n) is 1.60. The molecule has 0 aromatic heterocycles. The molecule has 20 heavy (non-hydrogen) atoms. The highest BCUT2D eigenvalue weighted by Gasteiger charge is 2.07. The number of ether oxygens (including phenoxy) is 1. The predicted octanol–water partition coefficient (Wildman–Crippen LogP) is 3.06. The fourth-order valence-corrected chi connectivity index (χ4v) is 1.60. The minimum absolute atomic E-state index is 0.0241. The second-order valence-corrected chi connectivity index (χ2v) is 4.05. The molecule has 104 valence electrons. The van der Waals surface area contributed by atoms with Gasteiger partial charge >= 0.3 is 6.03 Å². The Morgan fingerprint density at radius 2 is 1.85 bits per heavy atom. The number of rotatable bonds is 3. The number of amides is 2. The average Bonchev–Trinajstić information content (AvgIpc) is 2.43. The van der Waals surface area contributed by atoms with E-state index in [1.807, 2.05) is 0 Å². The molecule has 0 aliphatic rings. The minimum Gasteiger partial charge on any atom is -0.497 e. The van der Waals surface area contributed by atoms with E-state index in [2.05, 4.69) is 10.6 Å². The second-order valence-electron chi connectivity index (χ2n) is 4.05. The second kappa shape index (κ2) is 5.92. The number of hydrogen-bond donors (Lipinski definition) is 3. The summed E-state index contributed by atoms with van der Waals surface area (Å²) < 4.78 is 18.5. The van der Waals surface area contributed by atoms with Crippen molar-refractivity contribution >= 4 is 23.1 Å². The number of nitrogens with two attached hydrogens (primary N) is 1. The Kier molecular flexibility index (Phi) is 4.05. The van der Waals surface area contributed by atoms with Crippen LogP contribution in [0, 0.1) is 5.82 Å². The lowest BCUT2D eigenvalue weighted by Crippen LogP contribution is -2.20. The predicted molar refractivity (Wildman–Crippen MR) is 76.4 cm³/mol. The molecule has 0 atom stereocenters. The van der Waals surface area contributed by atoms with Crippen LogP contribution in [0.15, 0.2) is 42.5 Å². The van der Waals surface area contributed by atoms with Crippen LogP contribution in [0.3, 0.4) is 0 Å². The highest BCUT2D eigenvalue weighted by atomic mass is 19.1. The lowest BCUT2D eigenvalue weighted by atomic mass is 10.2. The molecular formula is C14H14FN3O2.